The summed E-state index contributed by atoms with van der Waals surface area (Å²) in [6.45, 7) is 1.47. The zero-order valence-corrected chi connectivity index (χ0v) is 16.9. The summed E-state index contributed by atoms with van der Waals surface area (Å²) in [5.41, 5.74) is 2.07. The molecule has 0 bridgehead atoms. The van der Waals surface area contributed by atoms with Crippen molar-refractivity contribution in [1.82, 2.24) is 15.2 Å². The third-order valence-corrected chi connectivity index (χ3v) is 5.29. The van der Waals surface area contributed by atoms with Crippen molar-refractivity contribution in [2.75, 3.05) is 0 Å². The number of carboxylic acid groups (broad SMARTS) is 1. The number of benzene rings is 1. The number of aromatic nitrogens is 2. The van der Waals surface area contributed by atoms with Crippen LogP contribution in [-0.4, -0.2) is 37.6 Å². The van der Waals surface area contributed by atoms with E-state index in [1.165, 1.54) is 42.9 Å². The van der Waals surface area contributed by atoms with Crippen LogP contribution in [-0.2, 0) is 13.2 Å². The van der Waals surface area contributed by atoms with Gasteiger partial charge in [0.2, 0.25) is 0 Å². The lowest BCUT2D eigenvalue weighted by molar-refractivity contribution is -0.137. The van der Waals surface area contributed by atoms with Crippen LogP contribution in [0.2, 0.25) is 0 Å². The van der Waals surface area contributed by atoms with Gasteiger partial charge in [0.15, 0.2) is 11.4 Å². The van der Waals surface area contributed by atoms with Crippen molar-refractivity contribution in [3.05, 3.63) is 57.4 Å². The molecule has 31 heavy (non-hydrogen) atoms. The van der Waals surface area contributed by atoms with E-state index >= 15 is 0 Å². The smallest absolute Gasteiger partial charge is 0.416 e. The fraction of sp³-hybridized carbons (Fsp3) is 0.158. The first-order valence-corrected chi connectivity index (χ1v) is 9.42. The fourth-order valence-corrected chi connectivity index (χ4v) is 3.45. The van der Waals surface area contributed by atoms with E-state index in [0.717, 1.165) is 23.5 Å². The molecule has 1 aromatic carbocycles. The Morgan fingerprint density at radius 2 is 1.74 bits per heavy atom. The number of carbonyl (C=O) groups is 2. The molecule has 3 N–H and O–H groups in total. The van der Waals surface area contributed by atoms with Crippen LogP contribution in [0.15, 0.2) is 41.5 Å². The minimum Gasteiger partial charge on any atom is -0.504 e. The third-order valence-electron chi connectivity index (χ3n) is 4.22. The number of amides is 1. The second-order valence-corrected chi connectivity index (χ2v) is 7.44. The first kappa shape index (κ1) is 22.0. The van der Waals surface area contributed by atoms with Gasteiger partial charge in [-0.05, 0) is 31.2 Å². The molecule has 3 rings (SSSR count). The normalized spacial score (nSPS) is 12.1. The molecule has 0 fully saturated rings. The molecule has 0 radical (unpaired) electrons. The molecule has 1 amide bonds. The van der Waals surface area contributed by atoms with Gasteiger partial charge in [0.1, 0.15) is 10.6 Å². The molecule has 0 atom stereocenters. The van der Waals surface area contributed by atoms with Crippen LogP contribution >= 0.6 is 11.3 Å². The van der Waals surface area contributed by atoms with Crippen molar-refractivity contribution < 1.29 is 33.0 Å². The molecule has 8 nitrogen and oxygen atoms in total. The van der Waals surface area contributed by atoms with Gasteiger partial charge < -0.3 is 10.2 Å². The van der Waals surface area contributed by atoms with Gasteiger partial charge in [-0.3, -0.25) is 9.48 Å². The summed E-state index contributed by atoms with van der Waals surface area (Å²) in [6.07, 6.45) is -4.48. The molecule has 0 saturated heterocycles. The Morgan fingerprint density at radius 3 is 2.29 bits per heavy atom. The van der Waals surface area contributed by atoms with Crippen LogP contribution in [0, 0.1) is 0 Å². The quantitative estimate of drug-likeness (QED) is 0.403. The second-order valence-electron chi connectivity index (χ2n) is 6.35. The predicted octanol–water partition coefficient (Wildman–Crippen LogP) is 3.73. The lowest BCUT2D eigenvalue weighted by atomic mass is 10.1. The first-order chi connectivity index (χ1) is 14.5. The SMILES string of the molecule is CC(=NNC(=O)c1ccc(C(=O)O)s1)c1nn(C)c(-c2ccc(C(F)(F)F)cc2)c1O. The van der Waals surface area contributed by atoms with Crippen LogP contribution in [0.5, 0.6) is 5.75 Å². The lowest BCUT2D eigenvalue weighted by Crippen LogP contribution is -2.18. The van der Waals surface area contributed by atoms with Crippen molar-refractivity contribution in [1.29, 1.82) is 0 Å². The maximum Gasteiger partial charge on any atom is 0.416 e. The molecule has 0 aliphatic carbocycles. The molecule has 2 heterocycles. The van der Waals surface area contributed by atoms with Gasteiger partial charge in [-0.15, -0.1) is 11.3 Å². The number of aromatic carboxylic acids is 1. The van der Waals surface area contributed by atoms with E-state index in [0.29, 0.717) is 5.56 Å². The maximum atomic E-state index is 12.8. The van der Waals surface area contributed by atoms with Crippen molar-refractivity contribution in [3.63, 3.8) is 0 Å². The number of carboxylic acids is 1. The number of aromatic hydroxyl groups is 1. The number of nitrogens with zero attached hydrogens (tertiary/aromatic N) is 3. The molecule has 0 saturated carbocycles. The van der Waals surface area contributed by atoms with Gasteiger partial charge in [-0.25, -0.2) is 10.2 Å². The standard InChI is InChI=1S/C19H15F3N4O4S/c1-9(23-24-17(28)12-7-8-13(31-12)18(29)30)14-16(27)15(26(2)25-14)10-3-5-11(6-4-10)19(20,21)22/h3-8,27H,1-2H3,(H,24,28)(H,29,30). The number of hydrazone groups is 1. The Kier molecular flexibility index (Phi) is 5.84. The minimum absolute atomic E-state index is 0.00518. The Hall–Kier alpha value is -3.67. The van der Waals surface area contributed by atoms with Gasteiger partial charge >= 0.3 is 12.1 Å². The van der Waals surface area contributed by atoms with Gasteiger partial charge in [-0.1, -0.05) is 12.1 Å². The topological polar surface area (TPSA) is 117 Å². The van der Waals surface area contributed by atoms with Gasteiger partial charge in [0, 0.05) is 12.6 Å². The molecule has 0 unspecified atom stereocenters. The summed E-state index contributed by atoms with van der Waals surface area (Å²) < 4.78 is 39.6. The number of thiophene rings is 1. The van der Waals surface area contributed by atoms with E-state index < -0.39 is 23.6 Å². The molecule has 162 valence electrons. The third kappa shape index (κ3) is 4.58. The highest BCUT2D eigenvalue weighted by atomic mass is 32.1. The molecule has 12 heteroatoms. The Labute approximate surface area is 177 Å². The monoisotopic (exact) mass is 452 g/mol. The fourth-order valence-electron chi connectivity index (χ4n) is 2.71. The number of aryl methyl sites for hydroxylation is 1. The van der Waals surface area contributed by atoms with Crippen LogP contribution in [0.25, 0.3) is 11.3 Å². The van der Waals surface area contributed by atoms with E-state index in [9.17, 15) is 27.9 Å². The van der Waals surface area contributed by atoms with Gasteiger partial charge in [0.05, 0.1) is 16.2 Å². The second kappa shape index (κ2) is 8.22. The Bertz CT molecular complexity index is 1180. The number of hydrogen-bond donors (Lipinski definition) is 3. The summed E-state index contributed by atoms with van der Waals surface area (Å²) in [4.78, 5) is 23.2. The van der Waals surface area contributed by atoms with Crippen LogP contribution in [0.4, 0.5) is 13.2 Å². The number of carbonyl (C=O) groups excluding carboxylic acids is 1. The highest BCUT2D eigenvalue weighted by molar-refractivity contribution is 7.15. The highest BCUT2D eigenvalue weighted by Gasteiger charge is 2.30. The van der Waals surface area contributed by atoms with Crippen LogP contribution in [0.3, 0.4) is 0 Å². The van der Waals surface area contributed by atoms with Crippen molar-refractivity contribution in [3.8, 4) is 17.0 Å². The van der Waals surface area contributed by atoms with Crippen molar-refractivity contribution >= 4 is 28.9 Å². The Balaban J connectivity index is 1.83. The van der Waals surface area contributed by atoms with Crippen molar-refractivity contribution in [2.45, 2.75) is 13.1 Å². The van der Waals surface area contributed by atoms with E-state index in [4.69, 9.17) is 5.11 Å². The zero-order valence-electron chi connectivity index (χ0n) is 16.1. The van der Waals surface area contributed by atoms with E-state index in [-0.39, 0.29) is 32.6 Å². The maximum absolute atomic E-state index is 12.8. The number of hydrogen-bond acceptors (Lipinski definition) is 6. The van der Waals surface area contributed by atoms with Gasteiger partial charge in [-0.2, -0.15) is 23.4 Å². The summed E-state index contributed by atoms with van der Waals surface area (Å²) >= 11 is 0.776. The van der Waals surface area contributed by atoms with Crippen molar-refractivity contribution in [2.24, 2.45) is 12.1 Å². The summed E-state index contributed by atoms with van der Waals surface area (Å²) in [6, 6.07) is 6.86. The largest absolute Gasteiger partial charge is 0.504 e. The molecule has 3 aromatic rings. The minimum atomic E-state index is -4.48. The van der Waals surface area contributed by atoms with Gasteiger partial charge in [0.25, 0.3) is 5.91 Å². The molecule has 0 aliphatic rings. The predicted molar refractivity (Wildman–Crippen MR) is 106 cm³/mol. The van der Waals surface area contributed by atoms with E-state index in [1.54, 1.807) is 0 Å². The summed E-state index contributed by atoms with van der Waals surface area (Å²) in [5.74, 6) is -2.12. The number of nitrogens with one attached hydrogen (secondary N) is 1. The summed E-state index contributed by atoms with van der Waals surface area (Å²) in [7, 11) is 1.50. The molecule has 2 aromatic heterocycles. The zero-order chi connectivity index (χ0) is 22.9. The summed E-state index contributed by atoms with van der Waals surface area (Å²) in [5, 5.41) is 27.5. The molecule has 0 spiro atoms. The highest BCUT2D eigenvalue weighted by Crippen LogP contribution is 2.35. The molecule has 0 aliphatic heterocycles. The first-order valence-electron chi connectivity index (χ1n) is 8.60. The average Bonchev–Trinajstić information content (AvgIpc) is 3.30. The van der Waals surface area contributed by atoms with Crippen LogP contribution < -0.4 is 5.43 Å². The molecular formula is C19H15F3N4O4S. The van der Waals surface area contributed by atoms with E-state index in [1.807, 2.05) is 0 Å². The molecular weight excluding hydrogens is 437 g/mol. The number of halogens is 3. The van der Waals surface area contributed by atoms with Crippen LogP contribution in [0.1, 0.15) is 37.5 Å². The number of alkyl halides is 3. The average molecular weight is 452 g/mol. The lowest BCUT2D eigenvalue weighted by Gasteiger charge is -2.08. The van der Waals surface area contributed by atoms with E-state index in [2.05, 4.69) is 15.6 Å². The Morgan fingerprint density at radius 1 is 1.13 bits per heavy atom. The number of rotatable bonds is 5.